The smallest absolute Gasteiger partial charge is 0.270 e. The molecule has 1 aliphatic rings. The Balaban J connectivity index is 1.42. The van der Waals surface area contributed by atoms with E-state index in [4.69, 9.17) is 4.42 Å². The van der Waals surface area contributed by atoms with E-state index in [0.717, 1.165) is 10.9 Å². The quantitative estimate of drug-likeness (QED) is 0.415. The Labute approximate surface area is 177 Å². The van der Waals surface area contributed by atoms with Gasteiger partial charge in [-0.3, -0.25) is 15.0 Å². The van der Waals surface area contributed by atoms with E-state index in [9.17, 15) is 18.5 Å². The van der Waals surface area contributed by atoms with Crippen LogP contribution in [0.2, 0.25) is 0 Å². The van der Waals surface area contributed by atoms with Crippen molar-refractivity contribution in [1.29, 1.82) is 0 Å². The zero-order chi connectivity index (χ0) is 21.3. The molecule has 0 bridgehead atoms. The average molecular weight is 450 g/mol. The molecule has 0 spiro atoms. The van der Waals surface area contributed by atoms with E-state index in [0.29, 0.717) is 37.0 Å². The second kappa shape index (κ2) is 8.22. The summed E-state index contributed by atoms with van der Waals surface area (Å²) in [5.74, 6) is 0.951. The third kappa shape index (κ3) is 4.12. The third-order valence-electron chi connectivity index (χ3n) is 4.89. The summed E-state index contributed by atoms with van der Waals surface area (Å²) in [6.45, 7) is 3.59. The van der Waals surface area contributed by atoms with Gasteiger partial charge in [-0.25, -0.2) is 8.42 Å². The fourth-order valence-electron chi connectivity index (χ4n) is 3.26. The number of aryl methyl sites for hydroxylation is 1. The van der Waals surface area contributed by atoms with E-state index < -0.39 is 14.9 Å². The number of nitrogens with zero attached hydrogens (tertiary/aromatic N) is 5. The lowest BCUT2D eigenvalue weighted by Crippen LogP contribution is -2.48. The number of hydrogen-bond donors (Lipinski definition) is 0. The van der Waals surface area contributed by atoms with Gasteiger partial charge in [-0.1, -0.05) is 12.1 Å². The van der Waals surface area contributed by atoms with E-state index in [1.807, 2.05) is 22.4 Å². The van der Waals surface area contributed by atoms with E-state index in [1.54, 1.807) is 6.92 Å². The average Bonchev–Trinajstić information content (AvgIpc) is 3.40. The van der Waals surface area contributed by atoms with E-state index in [1.165, 1.54) is 27.8 Å². The summed E-state index contributed by atoms with van der Waals surface area (Å²) >= 11 is 1.51. The molecule has 0 unspecified atom stereocenters. The van der Waals surface area contributed by atoms with Crippen LogP contribution in [0.3, 0.4) is 0 Å². The number of nitro groups is 1. The molecular weight excluding hydrogens is 430 g/mol. The van der Waals surface area contributed by atoms with Crippen LogP contribution in [0.5, 0.6) is 0 Å². The topological polar surface area (TPSA) is 123 Å². The minimum absolute atomic E-state index is 0.0253. The molecule has 0 atom stereocenters. The maximum absolute atomic E-state index is 13.0. The minimum Gasteiger partial charge on any atom is -0.419 e. The van der Waals surface area contributed by atoms with Crippen LogP contribution in [0, 0.1) is 17.0 Å². The zero-order valence-corrected chi connectivity index (χ0v) is 17.7. The predicted molar refractivity (Wildman–Crippen MR) is 109 cm³/mol. The molecule has 10 nitrogen and oxygen atoms in total. The highest BCUT2D eigenvalue weighted by molar-refractivity contribution is 7.89. The molecule has 1 saturated heterocycles. The number of sulfonamides is 1. The lowest BCUT2D eigenvalue weighted by molar-refractivity contribution is -0.385. The normalized spacial score (nSPS) is 16.0. The number of nitro benzene ring substituents is 1. The van der Waals surface area contributed by atoms with Crippen LogP contribution in [-0.2, 0) is 16.6 Å². The molecule has 1 aromatic carbocycles. The maximum Gasteiger partial charge on any atom is 0.270 e. The highest BCUT2D eigenvalue weighted by Gasteiger charge is 2.31. The van der Waals surface area contributed by atoms with Crippen molar-refractivity contribution < 1.29 is 17.8 Å². The number of piperazine rings is 1. The molecule has 0 radical (unpaired) electrons. The third-order valence-corrected chi connectivity index (χ3v) is 7.79. The van der Waals surface area contributed by atoms with Crippen molar-refractivity contribution in [2.45, 2.75) is 18.4 Å². The van der Waals surface area contributed by atoms with Crippen molar-refractivity contribution in [2.75, 3.05) is 26.2 Å². The van der Waals surface area contributed by atoms with Gasteiger partial charge in [0.2, 0.25) is 15.9 Å². The molecule has 1 fully saturated rings. The maximum atomic E-state index is 13.0. The van der Waals surface area contributed by atoms with Gasteiger partial charge < -0.3 is 4.42 Å². The molecule has 3 aromatic rings. The first-order chi connectivity index (χ1) is 14.3. The summed E-state index contributed by atoms with van der Waals surface area (Å²) in [5, 5.41) is 21.1. The van der Waals surface area contributed by atoms with Gasteiger partial charge in [0.1, 0.15) is 0 Å². The number of thiophene rings is 1. The van der Waals surface area contributed by atoms with Gasteiger partial charge in [0, 0.05) is 38.3 Å². The number of non-ortho nitro benzene ring substituents is 1. The van der Waals surface area contributed by atoms with Gasteiger partial charge in [0.15, 0.2) is 0 Å². The molecule has 0 aliphatic carbocycles. The molecule has 0 N–H and O–H groups in total. The van der Waals surface area contributed by atoms with Crippen molar-refractivity contribution in [2.24, 2.45) is 0 Å². The zero-order valence-electron chi connectivity index (χ0n) is 16.1. The SMILES string of the molecule is Cc1ccc([N+](=O)[O-])cc1S(=O)(=O)N1CCN(Cc2nnc(-c3cccs3)o2)CC1. The van der Waals surface area contributed by atoms with Crippen LogP contribution in [0.1, 0.15) is 11.5 Å². The van der Waals surface area contributed by atoms with Crippen molar-refractivity contribution >= 4 is 27.0 Å². The lowest BCUT2D eigenvalue weighted by atomic mass is 10.2. The predicted octanol–water partition coefficient (Wildman–Crippen LogP) is 2.52. The molecule has 4 rings (SSSR count). The molecule has 0 amide bonds. The summed E-state index contributed by atoms with van der Waals surface area (Å²) in [7, 11) is -3.82. The fourth-order valence-corrected chi connectivity index (χ4v) is 5.57. The number of rotatable bonds is 6. The molecule has 158 valence electrons. The highest BCUT2D eigenvalue weighted by atomic mass is 32.2. The summed E-state index contributed by atoms with van der Waals surface area (Å²) in [5.41, 5.74) is 0.241. The van der Waals surface area contributed by atoms with Crippen LogP contribution >= 0.6 is 11.3 Å². The van der Waals surface area contributed by atoms with Crippen molar-refractivity contribution in [3.63, 3.8) is 0 Å². The second-order valence-corrected chi connectivity index (χ2v) is 9.72. The van der Waals surface area contributed by atoms with Crippen LogP contribution < -0.4 is 0 Å². The summed E-state index contributed by atoms with van der Waals surface area (Å²) < 4.78 is 33.1. The molecule has 30 heavy (non-hydrogen) atoms. The molecule has 2 aromatic heterocycles. The Bertz CT molecular complexity index is 1150. The Kier molecular flexibility index (Phi) is 5.64. The monoisotopic (exact) mass is 449 g/mol. The van der Waals surface area contributed by atoms with Gasteiger partial charge in [-0.05, 0) is 23.9 Å². The van der Waals surface area contributed by atoms with Crippen molar-refractivity contribution in [3.05, 3.63) is 57.3 Å². The molecule has 12 heteroatoms. The number of hydrogen-bond acceptors (Lipinski definition) is 9. The van der Waals surface area contributed by atoms with E-state index in [2.05, 4.69) is 10.2 Å². The van der Waals surface area contributed by atoms with Crippen LogP contribution in [0.15, 0.2) is 45.0 Å². The van der Waals surface area contributed by atoms with Gasteiger partial charge >= 0.3 is 0 Å². The Hall–Kier alpha value is -2.67. The van der Waals surface area contributed by atoms with Crippen LogP contribution in [-0.4, -0.2) is 58.9 Å². The Morgan fingerprint density at radius 2 is 1.97 bits per heavy atom. The van der Waals surface area contributed by atoms with E-state index in [-0.39, 0.29) is 23.7 Å². The lowest BCUT2D eigenvalue weighted by Gasteiger charge is -2.33. The van der Waals surface area contributed by atoms with E-state index >= 15 is 0 Å². The molecular formula is C18H19N5O5S2. The second-order valence-electron chi connectivity index (χ2n) is 6.87. The first-order valence-corrected chi connectivity index (χ1v) is 11.5. The molecule has 0 saturated carbocycles. The van der Waals surface area contributed by atoms with Gasteiger partial charge in [-0.2, -0.15) is 4.31 Å². The van der Waals surface area contributed by atoms with Crippen LogP contribution in [0.4, 0.5) is 5.69 Å². The van der Waals surface area contributed by atoms with Gasteiger partial charge in [0.25, 0.3) is 11.6 Å². The van der Waals surface area contributed by atoms with Crippen molar-refractivity contribution in [3.8, 4) is 10.8 Å². The van der Waals surface area contributed by atoms with Gasteiger partial charge in [0.05, 0.1) is 21.2 Å². The summed E-state index contributed by atoms with van der Waals surface area (Å²) in [6, 6.07) is 7.71. The number of aromatic nitrogens is 2. The van der Waals surface area contributed by atoms with Gasteiger partial charge in [-0.15, -0.1) is 21.5 Å². The van der Waals surface area contributed by atoms with Crippen LogP contribution in [0.25, 0.3) is 10.8 Å². The molecule has 1 aliphatic heterocycles. The Morgan fingerprint density at radius 1 is 1.20 bits per heavy atom. The Morgan fingerprint density at radius 3 is 2.63 bits per heavy atom. The first-order valence-electron chi connectivity index (χ1n) is 9.18. The van der Waals surface area contributed by atoms with Crippen molar-refractivity contribution in [1.82, 2.24) is 19.4 Å². The first kappa shape index (κ1) is 20.6. The minimum atomic E-state index is -3.82. The standard InChI is InChI=1S/C18H19N5O5S2/c1-13-4-5-14(23(24)25)11-16(13)30(26,27)22-8-6-21(7-9-22)12-17-19-20-18(28-17)15-3-2-10-29-15/h2-5,10-11H,6-9,12H2,1H3. The molecule has 3 heterocycles. The summed E-state index contributed by atoms with van der Waals surface area (Å²) in [6.07, 6.45) is 0. The number of benzene rings is 1. The highest BCUT2D eigenvalue weighted by Crippen LogP contribution is 2.26. The summed E-state index contributed by atoms with van der Waals surface area (Å²) in [4.78, 5) is 13.4. The largest absolute Gasteiger partial charge is 0.419 e. The fraction of sp³-hybridized carbons (Fsp3) is 0.333.